The first-order valence-electron chi connectivity index (χ1n) is 4.89. The number of hydrogen-bond donors (Lipinski definition) is 2. The summed E-state index contributed by atoms with van der Waals surface area (Å²) >= 11 is 7.43. The van der Waals surface area contributed by atoms with Gasteiger partial charge in [-0.3, -0.25) is 4.98 Å². The fraction of sp³-hybridized carbons (Fsp3) is 0.182. The minimum Gasteiger partial charge on any atom is -0.397 e. The zero-order chi connectivity index (χ0) is 11.4. The average Bonchev–Trinajstić information content (AvgIpc) is 2.67. The highest BCUT2D eigenvalue weighted by Crippen LogP contribution is 2.21. The van der Waals surface area contributed by atoms with Gasteiger partial charge >= 0.3 is 0 Å². The quantitative estimate of drug-likeness (QED) is 0.881. The van der Waals surface area contributed by atoms with Crippen LogP contribution in [-0.2, 0) is 13.1 Å². The van der Waals surface area contributed by atoms with Crippen molar-refractivity contribution in [3.63, 3.8) is 0 Å². The van der Waals surface area contributed by atoms with Crippen LogP contribution in [0, 0.1) is 0 Å². The molecular weight excluding hydrogens is 242 g/mol. The highest BCUT2D eigenvalue weighted by atomic mass is 35.5. The summed E-state index contributed by atoms with van der Waals surface area (Å²) in [6.07, 6.45) is 1.67. The molecule has 5 heteroatoms. The molecule has 2 aromatic rings. The van der Waals surface area contributed by atoms with Gasteiger partial charge < -0.3 is 11.1 Å². The molecule has 2 aromatic heterocycles. The molecule has 0 aliphatic carbocycles. The lowest BCUT2D eigenvalue weighted by Crippen LogP contribution is -2.12. The Hall–Kier alpha value is -1.10. The number of halogens is 1. The molecule has 2 heterocycles. The Balaban J connectivity index is 1.82. The maximum atomic E-state index is 5.84. The largest absolute Gasteiger partial charge is 0.397 e. The zero-order valence-electron chi connectivity index (χ0n) is 8.61. The third-order valence-electron chi connectivity index (χ3n) is 2.08. The van der Waals surface area contributed by atoms with E-state index in [4.69, 9.17) is 17.3 Å². The first kappa shape index (κ1) is 11.4. The lowest BCUT2D eigenvalue weighted by Gasteiger charge is -2.02. The molecule has 0 fully saturated rings. The highest BCUT2D eigenvalue weighted by molar-refractivity contribution is 7.16. The summed E-state index contributed by atoms with van der Waals surface area (Å²) in [4.78, 5) is 5.43. The van der Waals surface area contributed by atoms with Crippen molar-refractivity contribution in [3.8, 4) is 0 Å². The van der Waals surface area contributed by atoms with Crippen molar-refractivity contribution in [3.05, 3.63) is 45.4 Å². The van der Waals surface area contributed by atoms with Gasteiger partial charge in [-0.05, 0) is 24.3 Å². The molecule has 0 spiro atoms. The van der Waals surface area contributed by atoms with E-state index in [0.29, 0.717) is 5.69 Å². The number of thiophene rings is 1. The number of nitrogens with one attached hydrogen (secondary N) is 1. The van der Waals surface area contributed by atoms with Gasteiger partial charge in [0.05, 0.1) is 21.9 Å². The summed E-state index contributed by atoms with van der Waals surface area (Å²) in [5.74, 6) is 0. The van der Waals surface area contributed by atoms with E-state index in [1.165, 1.54) is 4.88 Å². The van der Waals surface area contributed by atoms with Crippen molar-refractivity contribution in [1.82, 2.24) is 10.3 Å². The van der Waals surface area contributed by atoms with E-state index in [1.807, 2.05) is 24.3 Å². The second kappa shape index (κ2) is 5.30. The van der Waals surface area contributed by atoms with E-state index < -0.39 is 0 Å². The molecule has 0 amide bonds. The maximum Gasteiger partial charge on any atom is 0.0931 e. The van der Waals surface area contributed by atoms with Gasteiger partial charge in [0, 0.05) is 18.0 Å². The number of nitrogens with two attached hydrogens (primary N) is 1. The second-order valence-corrected chi connectivity index (χ2v) is 5.19. The molecule has 0 saturated heterocycles. The van der Waals surface area contributed by atoms with E-state index >= 15 is 0 Å². The first-order valence-corrected chi connectivity index (χ1v) is 6.09. The minimum absolute atomic E-state index is 0.689. The van der Waals surface area contributed by atoms with Crippen LogP contribution in [0.4, 0.5) is 5.69 Å². The summed E-state index contributed by atoms with van der Waals surface area (Å²) in [7, 11) is 0. The fourth-order valence-corrected chi connectivity index (χ4v) is 2.36. The van der Waals surface area contributed by atoms with Crippen LogP contribution in [0.25, 0.3) is 0 Å². The van der Waals surface area contributed by atoms with Crippen molar-refractivity contribution in [2.75, 3.05) is 5.73 Å². The van der Waals surface area contributed by atoms with E-state index in [-0.39, 0.29) is 0 Å². The second-order valence-electron chi connectivity index (χ2n) is 3.39. The molecule has 0 saturated carbocycles. The van der Waals surface area contributed by atoms with E-state index in [1.54, 1.807) is 17.5 Å². The molecule has 0 aliphatic rings. The van der Waals surface area contributed by atoms with Gasteiger partial charge in [-0.2, -0.15) is 0 Å². The van der Waals surface area contributed by atoms with E-state index in [9.17, 15) is 0 Å². The van der Waals surface area contributed by atoms with Gasteiger partial charge in [0.1, 0.15) is 0 Å². The predicted octanol–water partition coefficient (Wildman–Crippen LogP) is 2.67. The lowest BCUT2D eigenvalue weighted by atomic mass is 10.3. The molecule has 84 valence electrons. The number of nitrogens with zero attached hydrogens (tertiary/aromatic N) is 1. The van der Waals surface area contributed by atoms with Crippen molar-refractivity contribution in [1.29, 1.82) is 0 Å². The van der Waals surface area contributed by atoms with E-state index in [0.717, 1.165) is 23.1 Å². The molecule has 0 aliphatic heterocycles. The van der Waals surface area contributed by atoms with Crippen molar-refractivity contribution in [2.45, 2.75) is 13.1 Å². The van der Waals surface area contributed by atoms with Gasteiger partial charge in [-0.1, -0.05) is 11.6 Å². The summed E-state index contributed by atoms with van der Waals surface area (Å²) in [5, 5.41) is 3.30. The fourth-order valence-electron chi connectivity index (χ4n) is 1.30. The normalized spacial score (nSPS) is 10.6. The Morgan fingerprint density at radius 3 is 2.75 bits per heavy atom. The molecule has 3 N–H and O–H groups in total. The van der Waals surface area contributed by atoms with Crippen LogP contribution in [0.3, 0.4) is 0 Å². The van der Waals surface area contributed by atoms with Crippen LogP contribution < -0.4 is 11.1 Å². The molecule has 0 atom stereocenters. The Bertz CT molecular complexity index is 453. The van der Waals surface area contributed by atoms with Gasteiger partial charge in [0.2, 0.25) is 0 Å². The first-order chi connectivity index (χ1) is 7.74. The number of nitrogen functional groups attached to an aromatic ring is 1. The molecular formula is C11H12ClN3S. The third kappa shape index (κ3) is 3.20. The zero-order valence-corrected chi connectivity index (χ0v) is 10.2. The number of hydrogen-bond acceptors (Lipinski definition) is 4. The number of rotatable bonds is 4. The van der Waals surface area contributed by atoms with Gasteiger partial charge in [0.25, 0.3) is 0 Å². The minimum atomic E-state index is 0.689. The Kier molecular flexibility index (Phi) is 3.77. The molecule has 2 rings (SSSR count). The highest BCUT2D eigenvalue weighted by Gasteiger charge is 1.98. The average molecular weight is 254 g/mol. The van der Waals surface area contributed by atoms with Crippen molar-refractivity contribution in [2.24, 2.45) is 0 Å². The molecule has 0 radical (unpaired) electrons. The Morgan fingerprint density at radius 1 is 1.25 bits per heavy atom. The standard InChI is InChI=1S/C11H12ClN3S/c12-11-4-3-10(16-11)7-14-6-9-2-1-8(13)5-15-9/h1-5,14H,6-7,13H2. The molecule has 0 aromatic carbocycles. The predicted molar refractivity (Wildman–Crippen MR) is 68.5 cm³/mol. The molecule has 3 nitrogen and oxygen atoms in total. The van der Waals surface area contributed by atoms with Crippen LogP contribution in [0.1, 0.15) is 10.6 Å². The van der Waals surface area contributed by atoms with Gasteiger partial charge in [-0.15, -0.1) is 11.3 Å². The Labute approximate surface area is 103 Å². The smallest absolute Gasteiger partial charge is 0.0931 e. The monoisotopic (exact) mass is 253 g/mol. The van der Waals surface area contributed by atoms with Gasteiger partial charge in [0.15, 0.2) is 0 Å². The number of aromatic nitrogens is 1. The summed E-state index contributed by atoms with van der Waals surface area (Å²) < 4.78 is 0.822. The lowest BCUT2D eigenvalue weighted by molar-refractivity contribution is 0.687. The van der Waals surface area contributed by atoms with Crippen molar-refractivity contribution >= 4 is 28.6 Å². The maximum absolute atomic E-state index is 5.84. The summed E-state index contributed by atoms with van der Waals surface area (Å²) in [5.41, 5.74) is 7.23. The van der Waals surface area contributed by atoms with E-state index in [2.05, 4.69) is 10.3 Å². The van der Waals surface area contributed by atoms with Crippen LogP contribution >= 0.6 is 22.9 Å². The molecule has 16 heavy (non-hydrogen) atoms. The number of anilines is 1. The SMILES string of the molecule is Nc1ccc(CNCc2ccc(Cl)s2)nc1. The van der Waals surface area contributed by atoms with Crippen LogP contribution in [0.5, 0.6) is 0 Å². The topological polar surface area (TPSA) is 50.9 Å². The molecule has 0 bridgehead atoms. The molecule has 0 unspecified atom stereocenters. The van der Waals surface area contributed by atoms with Crippen LogP contribution in [0.15, 0.2) is 30.5 Å². The number of pyridine rings is 1. The summed E-state index contributed by atoms with van der Waals surface area (Å²) in [6.45, 7) is 1.54. The van der Waals surface area contributed by atoms with Crippen LogP contribution in [-0.4, -0.2) is 4.98 Å². The Morgan fingerprint density at radius 2 is 2.12 bits per heavy atom. The summed E-state index contributed by atoms with van der Waals surface area (Å²) in [6, 6.07) is 7.71. The third-order valence-corrected chi connectivity index (χ3v) is 3.31. The van der Waals surface area contributed by atoms with Crippen molar-refractivity contribution < 1.29 is 0 Å². The van der Waals surface area contributed by atoms with Crippen LogP contribution in [0.2, 0.25) is 4.34 Å². The van der Waals surface area contributed by atoms with Gasteiger partial charge in [-0.25, -0.2) is 0 Å².